The molecule has 0 aliphatic carbocycles. The van der Waals surface area contributed by atoms with Gasteiger partial charge in [0.2, 0.25) is 0 Å². The molecule has 0 spiro atoms. The van der Waals surface area contributed by atoms with Crippen molar-refractivity contribution in [3.63, 3.8) is 0 Å². The van der Waals surface area contributed by atoms with Gasteiger partial charge in [-0.05, 0) is 87.6 Å². The third-order valence-corrected chi connectivity index (χ3v) is 4.44. The summed E-state index contributed by atoms with van der Waals surface area (Å²) in [5.74, 6) is 0. The molecule has 0 unspecified atom stereocenters. The van der Waals surface area contributed by atoms with E-state index in [9.17, 15) is 0 Å². The number of nitrogens with one attached hydrogen (secondary N) is 2. The van der Waals surface area contributed by atoms with E-state index in [1.165, 1.54) is 42.0 Å². The zero-order chi connectivity index (χ0) is 16.9. The van der Waals surface area contributed by atoms with Gasteiger partial charge in [-0.3, -0.25) is 0 Å². The lowest BCUT2D eigenvalue weighted by Crippen LogP contribution is -2.21. The smallest absolute Gasteiger partial charge is 0.00457 e. The highest BCUT2D eigenvalue weighted by Crippen LogP contribution is 2.19. The van der Waals surface area contributed by atoms with Crippen LogP contribution < -0.4 is 16.4 Å². The van der Waals surface area contributed by atoms with Gasteiger partial charge in [0.15, 0.2) is 0 Å². The van der Waals surface area contributed by atoms with Crippen molar-refractivity contribution in [1.29, 1.82) is 0 Å². The van der Waals surface area contributed by atoms with Gasteiger partial charge in [0.05, 0.1) is 0 Å². The number of benzene rings is 2. The molecular weight excluding hydrogens is 294 g/mol. The zero-order valence-corrected chi connectivity index (χ0v) is 14.9. The molecule has 2 aromatic rings. The minimum Gasteiger partial charge on any atom is -0.330 e. The molecule has 0 atom stereocenters. The van der Waals surface area contributed by atoms with Crippen LogP contribution in [0.3, 0.4) is 0 Å². The molecule has 0 heterocycles. The predicted octanol–water partition coefficient (Wildman–Crippen LogP) is 3.47. The fraction of sp³-hybridized carbons (Fsp3) is 0.524. The molecule has 0 bridgehead atoms. The van der Waals surface area contributed by atoms with E-state index in [-0.39, 0.29) is 0 Å². The second-order valence-electron chi connectivity index (χ2n) is 6.44. The van der Waals surface area contributed by atoms with Gasteiger partial charge in [-0.15, -0.1) is 0 Å². The van der Waals surface area contributed by atoms with E-state index in [1.54, 1.807) is 0 Å². The summed E-state index contributed by atoms with van der Waals surface area (Å²) < 4.78 is 0. The average Bonchev–Trinajstić information content (AvgIpc) is 2.63. The van der Waals surface area contributed by atoms with E-state index >= 15 is 0 Å². The predicted molar refractivity (Wildman–Crippen MR) is 106 cm³/mol. The first-order valence-corrected chi connectivity index (χ1v) is 9.50. The molecule has 0 saturated heterocycles. The lowest BCUT2D eigenvalue weighted by Gasteiger charge is -2.08. The summed E-state index contributed by atoms with van der Waals surface area (Å²) in [4.78, 5) is 0. The van der Waals surface area contributed by atoms with Gasteiger partial charge in [-0.25, -0.2) is 0 Å². The lowest BCUT2D eigenvalue weighted by molar-refractivity contribution is 0.562. The highest BCUT2D eigenvalue weighted by molar-refractivity contribution is 5.85. The van der Waals surface area contributed by atoms with Crippen LogP contribution in [0.15, 0.2) is 42.5 Å². The van der Waals surface area contributed by atoms with Crippen LogP contribution in [0.4, 0.5) is 0 Å². The molecule has 3 heteroatoms. The number of hydrogen-bond acceptors (Lipinski definition) is 3. The average molecular weight is 328 g/mol. The summed E-state index contributed by atoms with van der Waals surface area (Å²) in [6.07, 6.45) is 7.17. The Hall–Kier alpha value is -1.42. The Balaban J connectivity index is 1.49. The highest BCUT2D eigenvalue weighted by Gasteiger charge is 1.99. The van der Waals surface area contributed by atoms with Crippen molar-refractivity contribution < 1.29 is 0 Å². The summed E-state index contributed by atoms with van der Waals surface area (Å²) in [5.41, 5.74) is 6.95. The first-order chi connectivity index (χ1) is 11.9. The van der Waals surface area contributed by atoms with Gasteiger partial charge in [-0.2, -0.15) is 0 Å². The van der Waals surface area contributed by atoms with Gasteiger partial charge in [0.1, 0.15) is 0 Å². The van der Waals surface area contributed by atoms with Crippen LogP contribution in [0.25, 0.3) is 10.8 Å². The Morgan fingerprint density at radius 2 is 1.29 bits per heavy atom. The summed E-state index contributed by atoms with van der Waals surface area (Å²) >= 11 is 0. The fourth-order valence-corrected chi connectivity index (χ4v) is 3.06. The van der Waals surface area contributed by atoms with Crippen LogP contribution >= 0.6 is 0 Å². The number of rotatable bonds is 13. The van der Waals surface area contributed by atoms with E-state index in [4.69, 9.17) is 5.73 Å². The molecule has 132 valence electrons. The Morgan fingerprint density at radius 1 is 0.667 bits per heavy atom. The van der Waals surface area contributed by atoms with Gasteiger partial charge in [0, 0.05) is 0 Å². The molecular formula is C21H33N3. The molecule has 0 aromatic heterocycles. The number of nitrogens with two attached hydrogens (primary N) is 1. The number of aryl methyl sites for hydroxylation is 1. The minimum atomic E-state index is 0.810. The molecule has 24 heavy (non-hydrogen) atoms. The van der Waals surface area contributed by atoms with Gasteiger partial charge in [0.25, 0.3) is 0 Å². The topological polar surface area (TPSA) is 50.1 Å². The third-order valence-electron chi connectivity index (χ3n) is 4.44. The Labute approximate surface area is 147 Å². The second-order valence-corrected chi connectivity index (χ2v) is 6.44. The van der Waals surface area contributed by atoms with Crippen molar-refractivity contribution >= 4 is 10.8 Å². The third kappa shape index (κ3) is 7.00. The quantitative estimate of drug-likeness (QED) is 0.494. The van der Waals surface area contributed by atoms with Crippen molar-refractivity contribution in [2.45, 2.75) is 38.5 Å². The van der Waals surface area contributed by atoms with Crippen LogP contribution in [0.1, 0.15) is 37.7 Å². The molecule has 3 nitrogen and oxygen atoms in total. The maximum Gasteiger partial charge on any atom is -0.00457 e. The summed E-state index contributed by atoms with van der Waals surface area (Å²) in [6.45, 7) is 5.27. The van der Waals surface area contributed by atoms with E-state index in [2.05, 4.69) is 53.1 Å². The molecule has 2 aromatic carbocycles. The first kappa shape index (κ1) is 18.9. The van der Waals surface area contributed by atoms with Gasteiger partial charge in [-0.1, -0.05) is 42.5 Å². The number of hydrogen-bond donors (Lipinski definition) is 3. The van der Waals surface area contributed by atoms with Crippen LogP contribution in [-0.4, -0.2) is 32.7 Å². The van der Waals surface area contributed by atoms with E-state index < -0.39 is 0 Å². The maximum absolute atomic E-state index is 5.48. The summed E-state index contributed by atoms with van der Waals surface area (Å²) in [5, 5.41) is 9.80. The van der Waals surface area contributed by atoms with Crippen molar-refractivity contribution in [3.05, 3.63) is 48.0 Å². The molecule has 0 aliphatic heterocycles. The first-order valence-electron chi connectivity index (χ1n) is 9.50. The normalized spacial score (nSPS) is 11.2. The van der Waals surface area contributed by atoms with E-state index in [0.29, 0.717) is 0 Å². The number of fused-ring (bicyclic) bond motifs is 1. The van der Waals surface area contributed by atoms with Gasteiger partial charge >= 0.3 is 0 Å². The SMILES string of the molecule is NCCCCNCCCCNCCCc1cccc2ccccc12. The van der Waals surface area contributed by atoms with Crippen molar-refractivity contribution in [1.82, 2.24) is 10.6 Å². The van der Waals surface area contributed by atoms with Crippen molar-refractivity contribution in [2.75, 3.05) is 32.7 Å². The molecule has 0 amide bonds. The maximum atomic E-state index is 5.48. The minimum absolute atomic E-state index is 0.810. The number of unbranched alkanes of at least 4 members (excludes halogenated alkanes) is 2. The lowest BCUT2D eigenvalue weighted by atomic mass is 10.0. The summed E-state index contributed by atoms with van der Waals surface area (Å²) in [6, 6.07) is 15.3. The fourth-order valence-electron chi connectivity index (χ4n) is 3.06. The molecule has 0 radical (unpaired) electrons. The molecule has 0 saturated carbocycles. The highest BCUT2D eigenvalue weighted by atomic mass is 14.9. The van der Waals surface area contributed by atoms with Gasteiger partial charge < -0.3 is 16.4 Å². The Kier molecular flexibility index (Phi) is 9.47. The molecule has 2 rings (SSSR count). The molecule has 0 aliphatic rings. The standard InChI is InChI=1S/C21H33N3/c22-14-3-4-15-23-16-5-6-17-24-18-8-12-20-11-7-10-19-9-1-2-13-21(19)20/h1-2,7,9-11,13,23-24H,3-6,8,12,14-18,22H2. The Morgan fingerprint density at radius 3 is 2.04 bits per heavy atom. The van der Waals surface area contributed by atoms with Crippen LogP contribution in [0.2, 0.25) is 0 Å². The monoisotopic (exact) mass is 327 g/mol. The van der Waals surface area contributed by atoms with Crippen LogP contribution in [-0.2, 0) is 6.42 Å². The van der Waals surface area contributed by atoms with Crippen LogP contribution in [0.5, 0.6) is 0 Å². The van der Waals surface area contributed by atoms with Crippen molar-refractivity contribution in [2.24, 2.45) is 5.73 Å². The molecule has 0 fully saturated rings. The van der Waals surface area contributed by atoms with Crippen molar-refractivity contribution in [3.8, 4) is 0 Å². The largest absolute Gasteiger partial charge is 0.330 e. The van der Waals surface area contributed by atoms with E-state index in [1.807, 2.05) is 0 Å². The van der Waals surface area contributed by atoms with E-state index in [0.717, 1.165) is 45.6 Å². The zero-order valence-electron chi connectivity index (χ0n) is 14.9. The summed E-state index contributed by atoms with van der Waals surface area (Å²) in [7, 11) is 0. The Bertz CT molecular complexity index is 563. The second kappa shape index (κ2) is 12.0. The molecule has 4 N–H and O–H groups in total. The van der Waals surface area contributed by atoms with Crippen LogP contribution in [0, 0.1) is 0 Å².